The molecule has 15 heavy (non-hydrogen) atoms. The third-order valence-electron chi connectivity index (χ3n) is 2.14. The second-order valence-corrected chi connectivity index (χ2v) is 3.99. The maximum Gasteiger partial charge on any atom is 0.0534 e. The Labute approximate surface area is 91.6 Å². The summed E-state index contributed by atoms with van der Waals surface area (Å²) in [4.78, 5) is 0. The van der Waals surface area contributed by atoms with Gasteiger partial charge in [-0.25, -0.2) is 0 Å². The predicted octanol–water partition coefficient (Wildman–Crippen LogP) is 1.42. The highest BCUT2D eigenvalue weighted by molar-refractivity contribution is 5.03. The first-order valence-corrected chi connectivity index (χ1v) is 5.46. The second-order valence-electron chi connectivity index (χ2n) is 3.99. The van der Waals surface area contributed by atoms with E-state index in [0.29, 0.717) is 6.04 Å². The van der Waals surface area contributed by atoms with Gasteiger partial charge in [-0.2, -0.15) is 5.10 Å². The average molecular weight is 211 g/mol. The van der Waals surface area contributed by atoms with Crippen LogP contribution < -0.4 is 5.32 Å². The van der Waals surface area contributed by atoms with Crippen LogP contribution in [0.5, 0.6) is 0 Å². The van der Waals surface area contributed by atoms with Gasteiger partial charge in [-0.3, -0.25) is 4.68 Å². The lowest BCUT2D eigenvalue weighted by atomic mass is 10.3. The lowest BCUT2D eigenvalue weighted by Crippen LogP contribution is -2.21. The van der Waals surface area contributed by atoms with E-state index in [0.717, 1.165) is 26.1 Å². The number of aryl methyl sites for hydroxylation is 1. The van der Waals surface area contributed by atoms with Gasteiger partial charge in [0.05, 0.1) is 6.20 Å². The number of nitrogens with zero attached hydrogens (tertiary/aromatic N) is 2. The molecule has 86 valence electrons. The Morgan fingerprint density at radius 1 is 1.53 bits per heavy atom. The molecule has 0 spiro atoms. The van der Waals surface area contributed by atoms with Crippen molar-refractivity contribution in [2.75, 3.05) is 13.7 Å². The zero-order chi connectivity index (χ0) is 11.1. The van der Waals surface area contributed by atoms with E-state index in [1.807, 2.05) is 10.9 Å². The highest BCUT2D eigenvalue weighted by Crippen LogP contribution is 1.99. The van der Waals surface area contributed by atoms with Gasteiger partial charge in [0.25, 0.3) is 0 Å². The summed E-state index contributed by atoms with van der Waals surface area (Å²) in [7, 11) is 1.72. The van der Waals surface area contributed by atoms with Gasteiger partial charge in [-0.1, -0.05) is 13.8 Å². The third kappa shape index (κ3) is 4.95. The average Bonchev–Trinajstić information content (AvgIpc) is 2.63. The molecular weight excluding hydrogens is 190 g/mol. The number of aromatic nitrogens is 2. The fourth-order valence-corrected chi connectivity index (χ4v) is 1.31. The van der Waals surface area contributed by atoms with Gasteiger partial charge < -0.3 is 10.1 Å². The standard InChI is InChI=1S/C11H21N3O/c1-10(2)12-7-11-8-13-14(9-11)5-4-6-15-3/h8-10,12H,4-7H2,1-3H3. The van der Waals surface area contributed by atoms with Crippen molar-refractivity contribution < 1.29 is 4.74 Å². The Hall–Kier alpha value is -0.870. The maximum atomic E-state index is 5.00. The molecule has 0 aliphatic rings. The van der Waals surface area contributed by atoms with Crippen molar-refractivity contribution in [1.82, 2.24) is 15.1 Å². The van der Waals surface area contributed by atoms with Gasteiger partial charge in [-0.15, -0.1) is 0 Å². The number of methoxy groups -OCH3 is 1. The Morgan fingerprint density at radius 3 is 3.00 bits per heavy atom. The van der Waals surface area contributed by atoms with E-state index in [9.17, 15) is 0 Å². The molecule has 1 aromatic rings. The Balaban J connectivity index is 2.29. The normalized spacial score (nSPS) is 11.2. The largest absolute Gasteiger partial charge is 0.385 e. The zero-order valence-corrected chi connectivity index (χ0v) is 9.86. The molecule has 0 unspecified atom stereocenters. The van der Waals surface area contributed by atoms with Crippen molar-refractivity contribution in [2.24, 2.45) is 0 Å². The molecule has 0 atom stereocenters. The molecule has 0 saturated carbocycles. The van der Waals surface area contributed by atoms with Crippen LogP contribution in [-0.2, 0) is 17.8 Å². The fourth-order valence-electron chi connectivity index (χ4n) is 1.31. The summed E-state index contributed by atoms with van der Waals surface area (Å²) in [5, 5.41) is 7.65. The molecule has 0 saturated heterocycles. The van der Waals surface area contributed by atoms with Gasteiger partial charge >= 0.3 is 0 Å². The summed E-state index contributed by atoms with van der Waals surface area (Å²) >= 11 is 0. The molecule has 0 bridgehead atoms. The van der Waals surface area contributed by atoms with Crippen LogP contribution >= 0.6 is 0 Å². The molecule has 0 radical (unpaired) electrons. The monoisotopic (exact) mass is 211 g/mol. The van der Waals surface area contributed by atoms with Gasteiger partial charge in [0, 0.05) is 44.6 Å². The topological polar surface area (TPSA) is 39.1 Å². The number of ether oxygens (including phenoxy) is 1. The first kappa shape index (κ1) is 12.2. The minimum absolute atomic E-state index is 0.516. The van der Waals surface area contributed by atoms with Crippen LogP contribution in [0.1, 0.15) is 25.8 Å². The molecule has 1 rings (SSSR count). The summed E-state index contributed by atoms with van der Waals surface area (Å²) in [5.41, 5.74) is 1.24. The number of hydrogen-bond acceptors (Lipinski definition) is 3. The SMILES string of the molecule is COCCCn1cc(CNC(C)C)cn1. The maximum absolute atomic E-state index is 5.00. The molecule has 4 heteroatoms. The molecule has 0 fully saturated rings. The van der Waals surface area contributed by atoms with Gasteiger partial charge in [0.1, 0.15) is 0 Å². The van der Waals surface area contributed by atoms with Crippen LogP contribution in [0.4, 0.5) is 0 Å². The molecule has 0 amide bonds. The predicted molar refractivity (Wildman–Crippen MR) is 60.7 cm³/mol. The lowest BCUT2D eigenvalue weighted by molar-refractivity contribution is 0.189. The molecule has 4 nitrogen and oxygen atoms in total. The van der Waals surface area contributed by atoms with E-state index in [1.165, 1.54) is 5.56 Å². The van der Waals surface area contributed by atoms with Crippen LogP contribution in [0.3, 0.4) is 0 Å². The van der Waals surface area contributed by atoms with Crippen LogP contribution in [0.25, 0.3) is 0 Å². The third-order valence-corrected chi connectivity index (χ3v) is 2.14. The molecular formula is C11H21N3O. The van der Waals surface area contributed by atoms with E-state index in [2.05, 4.69) is 30.5 Å². The second kappa shape index (κ2) is 6.58. The molecule has 0 aromatic carbocycles. The number of hydrogen-bond donors (Lipinski definition) is 1. The van der Waals surface area contributed by atoms with Crippen molar-refractivity contribution in [3.05, 3.63) is 18.0 Å². The minimum atomic E-state index is 0.516. The molecule has 0 aliphatic carbocycles. The summed E-state index contributed by atoms with van der Waals surface area (Å²) in [6, 6.07) is 0.516. The minimum Gasteiger partial charge on any atom is -0.385 e. The van der Waals surface area contributed by atoms with Gasteiger partial charge in [0.15, 0.2) is 0 Å². The Morgan fingerprint density at radius 2 is 2.33 bits per heavy atom. The number of rotatable bonds is 7. The first-order chi connectivity index (χ1) is 7.22. The van der Waals surface area contributed by atoms with Crippen LogP contribution in [0.2, 0.25) is 0 Å². The van der Waals surface area contributed by atoms with E-state index in [1.54, 1.807) is 7.11 Å². The van der Waals surface area contributed by atoms with Crippen molar-refractivity contribution >= 4 is 0 Å². The first-order valence-electron chi connectivity index (χ1n) is 5.46. The zero-order valence-electron chi connectivity index (χ0n) is 9.86. The summed E-state index contributed by atoms with van der Waals surface area (Å²) in [5.74, 6) is 0. The molecule has 1 aromatic heterocycles. The summed E-state index contributed by atoms with van der Waals surface area (Å²) in [6.07, 6.45) is 5.02. The van der Waals surface area contributed by atoms with E-state index < -0.39 is 0 Å². The summed E-state index contributed by atoms with van der Waals surface area (Å²) in [6.45, 7) is 6.89. The van der Waals surface area contributed by atoms with Gasteiger partial charge in [0.2, 0.25) is 0 Å². The Bertz CT molecular complexity index is 271. The van der Waals surface area contributed by atoms with Crippen molar-refractivity contribution in [3.8, 4) is 0 Å². The van der Waals surface area contributed by atoms with Crippen LogP contribution in [0, 0.1) is 0 Å². The number of nitrogens with one attached hydrogen (secondary N) is 1. The molecule has 1 N–H and O–H groups in total. The van der Waals surface area contributed by atoms with Crippen molar-refractivity contribution in [2.45, 2.75) is 39.4 Å². The van der Waals surface area contributed by atoms with Gasteiger partial charge in [-0.05, 0) is 6.42 Å². The molecule has 1 heterocycles. The lowest BCUT2D eigenvalue weighted by Gasteiger charge is -2.05. The fraction of sp³-hybridized carbons (Fsp3) is 0.727. The van der Waals surface area contributed by atoms with Crippen molar-refractivity contribution in [3.63, 3.8) is 0 Å². The van der Waals surface area contributed by atoms with E-state index >= 15 is 0 Å². The van der Waals surface area contributed by atoms with Crippen molar-refractivity contribution in [1.29, 1.82) is 0 Å². The van der Waals surface area contributed by atoms with Crippen LogP contribution in [0.15, 0.2) is 12.4 Å². The van der Waals surface area contributed by atoms with Crippen LogP contribution in [-0.4, -0.2) is 29.5 Å². The molecule has 0 aliphatic heterocycles. The summed E-state index contributed by atoms with van der Waals surface area (Å²) < 4.78 is 6.96. The quantitative estimate of drug-likeness (QED) is 0.693. The highest BCUT2D eigenvalue weighted by atomic mass is 16.5. The van der Waals surface area contributed by atoms with E-state index in [4.69, 9.17) is 4.74 Å². The Kier molecular flexibility index (Phi) is 5.36. The smallest absolute Gasteiger partial charge is 0.0534 e. The van der Waals surface area contributed by atoms with E-state index in [-0.39, 0.29) is 0 Å². The highest BCUT2D eigenvalue weighted by Gasteiger charge is 1.99.